The number of carbonyl (C=O) groups excluding carboxylic acids is 1. The first-order valence-corrected chi connectivity index (χ1v) is 12.5. The molecule has 0 aliphatic rings. The number of esters is 1. The van der Waals surface area contributed by atoms with Crippen LogP contribution in [0.4, 0.5) is 11.5 Å². The second-order valence-corrected chi connectivity index (χ2v) is 9.44. The summed E-state index contributed by atoms with van der Waals surface area (Å²) in [6, 6.07) is 6.94. The van der Waals surface area contributed by atoms with Crippen LogP contribution < -0.4 is 15.6 Å². The normalized spacial score (nSPS) is 14.0. The number of hydrogen-bond acceptors (Lipinski definition) is 10. The standard InChI is InChI=1S/C22H31N6O5P/c1-14(2)32-19(29)9-15(3)27-17-7-5-6-8-18(17)33-34(30)13-31-16(4)10-28-12-26-20-21(23)24-11-25-22(20)28/h5-8,11-12,14-16,27,34H,9-10,13H2,1-4H3,(H2,23,24,25). The minimum atomic E-state index is -2.53. The van der Waals surface area contributed by atoms with E-state index in [-0.39, 0.29) is 37.0 Å². The maximum Gasteiger partial charge on any atom is 0.308 e. The molecule has 0 saturated heterocycles. The van der Waals surface area contributed by atoms with E-state index >= 15 is 0 Å². The molecule has 1 aromatic carbocycles. The molecule has 0 bridgehead atoms. The van der Waals surface area contributed by atoms with E-state index in [2.05, 4.69) is 20.3 Å². The van der Waals surface area contributed by atoms with Gasteiger partial charge >= 0.3 is 5.97 Å². The number of nitrogens with one attached hydrogen (secondary N) is 1. The van der Waals surface area contributed by atoms with Gasteiger partial charge in [0.05, 0.1) is 37.2 Å². The predicted octanol–water partition coefficient (Wildman–Crippen LogP) is 3.47. The highest BCUT2D eigenvalue weighted by atomic mass is 31.1. The van der Waals surface area contributed by atoms with E-state index in [1.165, 1.54) is 6.33 Å². The Balaban J connectivity index is 1.51. The van der Waals surface area contributed by atoms with E-state index in [4.69, 9.17) is 19.7 Å². The van der Waals surface area contributed by atoms with Crippen LogP contribution in [0.15, 0.2) is 36.9 Å². The Morgan fingerprint density at radius 1 is 1.18 bits per heavy atom. The van der Waals surface area contributed by atoms with Crippen LogP contribution in [0, 0.1) is 0 Å². The van der Waals surface area contributed by atoms with Gasteiger partial charge < -0.3 is 29.6 Å². The highest BCUT2D eigenvalue weighted by Gasteiger charge is 2.16. The Labute approximate surface area is 198 Å². The molecule has 11 nitrogen and oxygen atoms in total. The number of fused-ring (bicyclic) bond motifs is 1. The van der Waals surface area contributed by atoms with Crippen LogP contribution >= 0.6 is 8.03 Å². The number of carbonyl (C=O) groups is 1. The average molecular weight is 491 g/mol. The fourth-order valence-corrected chi connectivity index (χ4v) is 4.18. The zero-order valence-corrected chi connectivity index (χ0v) is 20.7. The van der Waals surface area contributed by atoms with Gasteiger partial charge in [-0.05, 0) is 39.8 Å². The lowest BCUT2D eigenvalue weighted by atomic mass is 10.2. The number of benzene rings is 1. The lowest BCUT2D eigenvalue weighted by Crippen LogP contribution is -2.23. The summed E-state index contributed by atoms with van der Waals surface area (Å²) in [6.07, 6.45) is 2.71. The van der Waals surface area contributed by atoms with Gasteiger partial charge in [-0.15, -0.1) is 0 Å². The third-order valence-corrected chi connectivity index (χ3v) is 5.57. The lowest BCUT2D eigenvalue weighted by Gasteiger charge is -2.19. The summed E-state index contributed by atoms with van der Waals surface area (Å²) in [5, 5.41) is 3.21. The van der Waals surface area contributed by atoms with Gasteiger partial charge in [-0.1, -0.05) is 12.1 Å². The third-order valence-electron chi connectivity index (χ3n) is 4.72. The summed E-state index contributed by atoms with van der Waals surface area (Å²) in [5.41, 5.74) is 7.60. The molecular weight excluding hydrogens is 459 g/mol. The molecule has 2 heterocycles. The van der Waals surface area contributed by atoms with Gasteiger partial charge in [0, 0.05) is 6.04 Å². The summed E-state index contributed by atoms with van der Waals surface area (Å²) < 4.78 is 31.0. The highest BCUT2D eigenvalue weighted by Crippen LogP contribution is 2.34. The second kappa shape index (κ2) is 11.8. The van der Waals surface area contributed by atoms with Crippen molar-refractivity contribution in [1.82, 2.24) is 19.5 Å². The zero-order valence-electron chi connectivity index (χ0n) is 19.7. The fraction of sp³-hybridized carbons (Fsp3) is 0.455. The monoisotopic (exact) mass is 490 g/mol. The van der Waals surface area contributed by atoms with Crippen molar-refractivity contribution < 1.29 is 23.4 Å². The quantitative estimate of drug-likeness (QED) is 0.286. The summed E-state index contributed by atoms with van der Waals surface area (Å²) in [7, 11) is -2.53. The van der Waals surface area contributed by atoms with Crippen molar-refractivity contribution in [1.29, 1.82) is 0 Å². The molecule has 34 heavy (non-hydrogen) atoms. The summed E-state index contributed by atoms with van der Waals surface area (Å²) >= 11 is 0. The van der Waals surface area contributed by atoms with Crippen molar-refractivity contribution in [3.63, 3.8) is 0 Å². The van der Waals surface area contributed by atoms with Gasteiger partial charge in [-0.25, -0.2) is 15.0 Å². The smallest absolute Gasteiger partial charge is 0.308 e. The maximum absolute atomic E-state index is 12.6. The van der Waals surface area contributed by atoms with Crippen LogP contribution in [-0.2, 0) is 25.4 Å². The van der Waals surface area contributed by atoms with Crippen LogP contribution in [0.1, 0.15) is 34.1 Å². The average Bonchev–Trinajstić information content (AvgIpc) is 3.17. The Hall–Kier alpha value is -3.17. The predicted molar refractivity (Wildman–Crippen MR) is 130 cm³/mol. The number of para-hydroxylation sites is 2. The van der Waals surface area contributed by atoms with Gasteiger partial charge in [-0.3, -0.25) is 9.36 Å². The van der Waals surface area contributed by atoms with Crippen LogP contribution in [-0.4, -0.2) is 50.1 Å². The molecule has 0 amide bonds. The second-order valence-electron chi connectivity index (χ2n) is 8.21. The van der Waals surface area contributed by atoms with Gasteiger partial charge in [0.25, 0.3) is 8.03 Å². The van der Waals surface area contributed by atoms with Crippen molar-refractivity contribution >= 4 is 36.7 Å². The van der Waals surface area contributed by atoms with E-state index in [0.717, 1.165) is 0 Å². The minimum absolute atomic E-state index is 0.0554. The number of rotatable bonds is 12. The molecular formula is C22H31N6O5P. The van der Waals surface area contributed by atoms with Gasteiger partial charge in [-0.2, -0.15) is 0 Å². The lowest BCUT2D eigenvalue weighted by molar-refractivity contribution is -0.147. The largest absolute Gasteiger partial charge is 0.463 e. The summed E-state index contributed by atoms with van der Waals surface area (Å²) in [6.45, 7) is 7.79. The summed E-state index contributed by atoms with van der Waals surface area (Å²) in [5.74, 6) is 0.456. The van der Waals surface area contributed by atoms with E-state index < -0.39 is 8.03 Å². The zero-order chi connectivity index (χ0) is 24.7. The Morgan fingerprint density at radius 2 is 1.94 bits per heavy atom. The number of nitrogen functional groups attached to an aromatic ring is 1. The molecule has 3 atom stereocenters. The minimum Gasteiger partial charge on any atom is -0.463 e. The topological polar surface area (TPSA) is 143 Å². The van der Waals surface area contributed by atoms with Crippen LogP contribution in [0.25, 0.3) is 11.2 Å². The molecule has 2 aromatic heterocycles. The molecule has 3 rings (SSSR count). The molecule has 12 heteroatoms. The van der Waals surface area contributed by atoms with Crippen LogP contribution in [0.5, 0.6) is 5.75 Å². The number of anilines is 2. The van der Waals surface area contributed by atoms with Crippen molar-refractivity contribution in [3.8, 4) is 5.75 Å². The molecule has 184 valence electrons. The van der Waals surface area contributed by atoms with Crippen LogP contribution in [0.3, 0.4) is 0 Å². The van der Waals surface area contributed by atoms with Gasteiger partial charge in [0.15, 0.2) is 11.5 Å². The first kappa shape index (κ1) is 25.5. The molecule has 0 aliphatic heterocycles. The highest BCUT2D eigenvalue weighted by molar-refractivity contribution is 7.39. The third kappa shape index (κ3) is 7.16. The maximum atomic E-state index is 12.6. The Bertz CT molecular complexity index is 1140. The first-order valence-electron chi connectivity index (χ1n) is 11.0. The SMILES string of the molecule is CC(CC(=O)OC(C)C)Nc1ccccc1O[P@H](=O)COC(C)Cn1cnc2c(N)ncnc21. The van der Waals surface area contributed by atoms with E-state index in [1.54, 1.807) is 29.1 Å². The van der Waals surface area contributed by atoms with Crippen LogP contribution in [0.2, 0.25) is 0 Å². The molecule has 0 fully saturated rings. The van der Waals surface area contributed by atoms with Gasteiger partial charge in [0.2, 0.25) is 0 Å². The fourth-order valence-electron chi connectivity index (χ4n) is 3.28. The molecule has 0 spiro atoms. The van der Waals surface area contributed by atoms with Crippen molar-refractivity contribution in [3.05, 3.63) is 36.9 Å². The molecule has 0 aliphatic carbocycles. The molecule has 2 unspecified atom stereocenters. The van der Waals surface area contributed by atoms with Gasteiger partial charge in [0.1, 0.15) is 23.9 Å². The Morgan fingerprint density at radius 3 is 2.71 bits per heavy atom. The van der Waals surface area contributed by atoms with Crippen molar-refractivity contribution in [2.75, 3.05) is 17.4 Å². The molecule has 0 radical (unpaired) electrons. The molecule has 3 aromatic rings. The first-order chi connectivity index (χ1) is 16.2. The van der Waals surface area contributed by atoms with E-state index in [1.807, 2.05) is 33.8 Å². The Kier molecular flexibility index (Phi) is 8.84. The van der Waals surface area contributed by atoms with Crippen molar-refractivity contribution in [2.24, 2.45) is 0 Å². The number of hydrogen-bond donors (Lipinski definition) is 2. The van der Waals surface area contributed by atoms with E-state index in [0.29, 0.717) is 35.0 Å². The molecule has 3 N–H and O–H groups in total. The molecule has 0 saturated carbocycles. The number of imidazole rings is 1. The van der Waals surface area contributed by atoms with Crippen molar-refractivity contribution in [2.45, 2.75) is 58.9 Å². The van der Waals surface area contributed by atoms with E-state index in [9.17, 15) is 9.36 Å². The summed E-state index contributed by atoms with van der Waals surface area (Å²) in [4.78, 5) is 24.3. The number of nitrogens with two attached hydrogens (primary N) is 1. The number of aromatic nitrogens is 4. The number of ether oxygens (including phenoxy) is 2. The number of nitrogens with zero attached hydrogens (tertiary/aromatic N) is 4.